The first-order valence-corrected chi connectivity index (χ1v) is 5.82. The number of hydrogen-bond acceptors (Lipinski definition) is 3. The number of ether oxygens (including phenoxy) is 1. The molecule has 0 aromatic heterocycles. The van der Waals surface area contributed by atoms with Crippen molar-refractivity contribution < 1.29 is 9.13 Å². The quantitative estimate of drug-likeness (QED) is 0.798. The molecular formula is C14H19FN2O. The van der Waals surface area contributed by atoms with Crippen LogP contribution in [0.2, 0.25) is 0 Å². The minimum atomic E-state index is -0.233. The van der Waals surface area contributed by atoms with E-state index >= 15 is 0 Å². The monoisotopic (exact) mass is 250 g/mol. The Kier molecular flexibility index (Phi) is 6.37. The lowest BCUT2D eigenvalue weighted by molar-refractivity contribution is 0.158. The van der Waals surface area contributed by atoms with E-state index < -0.39 is 0 Å². The second kappa shape index (κ2) is 7.83. The summed E-state index contributed by atoms with van der Waals surface area (Å²) in [4.78, 5) is 2.01. The van der Waals surface area contributed by atoms with E-state index in [2.05, 4.69) is 11.8 Å². The number of methoxy groups -OCH3 is 1. The highest BCUT2D eigenvalue weighted by molar-refractivity contribution is 5.37. The molecule has 18 heavy (non-hydrogen) atoms. The van der Waals surface area contributed by atoms with Crippen LogP contribution >= 0.6 is 0 Å². The normalized spacial score (nSPS) is 10.3. The first-order chi connectivity index (χ1) is 8.67. The Morgan fingerprint density at radius 3 is 2.83 bits per heavy atom. The van der Waals surface area contributed by atoms with Crippen molar-refractivity contribution in [2.45, 2.75) is 6.54 Å². The fraction of sp³-hybridized carbons (Fsp3) is 0.429. The average molecular weight is 250 g/mol. The molecule has 3 nitrogen and oxygen atoms in total. The Morgan fingerprint density at radius 2 is 2.22 bits per heavy atom. The minimum Gasteiger partial charge on any atom is -0.383 e. The van der Waals surface area contributed by atoms with Gasteiger partial charge in [-0.15, -0.1) is 0 Å². The second-order valence-electron chi connectivity index (χ2n) is 4.04. The van der Waals surface area contributed by atoms with Crippen LogP contribution in [0, 0.1) is 17.7 Å². The molecule has 0 radical (unpaired) electrons. The largest absolute Gasteiger partial charge is 0.383 e. The predicted octanol–water partition coefficient (Wildman–Crippen LogP) is 1.21. The molecule has 0 amide bonds. The minimum absolute atomic E-state index is 0.233. The fourth-order valence-corrected chi connectivity index (χ4v) is 1.52. The SMILES string of the molecule is COCCN(C)Cc1ccc(C#CCN)cc1F. The van der Waals surface area contributed by atoms with Crippen LogP contribution < -0.4 is 5.73 Å². The molecular weight excluding hydrogens is 231 g/mol. The third-order valence-corrected chi connectivity index (χ3v) is 2.51. The Labute approximate surface area is 108 Å². The molecule has 0 bridgehead atoms. The van der Waals surface area contributed by atoms with Crippen LogP contribution in [0.3, 0.4) is 0 Å². The summed E-state index contributed by atoms with van der Waals surface area (Å²) < 4.78 is 18.8. The number of nitrogens with two attached hydrogens (primary N) is 1. The van der Waals surface area contributed by atoms with Crippen molar-refractivity contribution >= 4 is 0 Å². The first-order valence-electron chi connectivity index (χ1n) is 5.82. The van der Waals surface area contributed by atoms with Crippen molar-refractivity contribution in [2.24, 2.45) is 5.73 Å². The van der Waals surface area contributed by atoms with Gasteiger partial charge in [-0.25, -0.2) is 4.39 Å². The van der Waals surface area contributed by atoms with Gasteiger partial charge in [-0.1, -0.05) is 17.9 Å². The zero-order chi connectivity index (χ0) is 13.4. The van der Waals surface area contributed by atoms with Gasteiger partial charge < -0.3 is 10.5 Å². The molecule has 0 atom stereocenters. The molecule has 0 aliphatic heterocycles. The van der Waals surface area contributed by atoms with Crippen LogP contribution in [0.4, 0.5) is 4.39 Å². The highest BCUT2D eigenvalue weighted by Gasteiger charge is 2.06. The molecule has 0 saturated heterocycles. The molecule has 0 saturated carbocycles. The first kappa shape index (κ1) is 14.7. The van der Waals surface area contributed by atoms with Crippen molar-refractivity contribution in [1.29, 1.82) is 0 Å². The van der Waals surface area contributed by atoms with Crippen LogP contribution in [-0.2, 0) is 11.3 Å². The van der Waals surface area contributed by atoms with E-state index in [1.54, 1.807) is 13.2 Å². The summed E-state index contributed by atoms with van der Waals surface area (Å²) in [6, 6.07) is 5.02. The van der Waals surface area contributed by atoms with Gasteiger partial charge in [-0.3, -0.25) is 4.90 Å². The lowest BCUT2D eigenvalue weighted by Crippen LogP contribution is -2.22. The number of hydrogen-bond donors (Lipinski definition) is 1. The predicted molar refractivity (Wildman–Crippen MR) is 70.5 cm³/mol. The van der Waals surface area contributed by atoms with Crippen molar-refractivity contribution in [1.82, 2.24) is 4.90 Å². The van der Waals surface area contributed by atoms with Gasteiger partial charge >= 0.3 is 0 Å². The van der Waals surface area contributed by atoms with E-state index in [4.69, 9.17) is 10.5 Å². The summed E-state index contributed by atoms with van der Waals surface area (Å²) in [5.41, 5.74) is 6.58. The summed E-state index contributed by atoms with van der Waals surface area (Å²) in [5.74, 6) is 5.28. The van der Waals surface area contributed by atoms with Gasteiger partial charge in [0.15, 0.2) is 0 Å². The molecule has 1 aromatic carbocycles. The van der Waals surface area contributed by atoms with Crippen LogP contribution in [-0.4, -0.2) is 38.8 Å². The van der Waals surface area contributed by atoms with Gasteiger partial charge in [-0.2, -0.15) is 0 Å². The number of nitrogens with zero attached hydrogens (tertiary/aromatic N) is 1. The van der Waals surface area contributed by atoms with E-state index in [-0.39, 0.29) is 12.4 Å². The Morgan fingerprint density at radius 1 is 1.44 bits per heavy atom. The molecule has 4 heteroatoms. The number of benzene rings is 1. The summed E-state index contributed by atoms with van der Waals surface area (Å²) in [5, 5.41) is 0. The highest BCUT2D eigenvalue weighted by Crippen LogP contribution is 2.11. The van der Waals surface area contributed by atoms with Crippen LogP contribution in [0.25, 0.3) is 0 Å². The smallest absolute Gasteiger partial charge is 0.128 e. The highest BCUT2D eigenvalue weighted by atomic mass is 19.1. The van der Waals surface area contributed by atoms with Crippen molar-refractivity contribution in [3.8, 4) is 11.8 Å². The van der Waals surface area contributed by atoms with Gasteiger partial charge in [0.1, 0.15) is 5.82 Å². The van der Waals surface area contributed by atoms with Crippen molar-refractivity contribution in [3.63, 3.8) is 0 Å². The summed E-state index contributed by atoms with van der Waals surface area (Å²) in [7, 11) is 3.58. The van der Waals surface area contributed by atoms with Crippen LogP contribution in [0.1, 0.15) is 11.1 Å². The lowest BCUT2D eigenvalue weighted by atomic mass is 10.1. The third kappa shape index (κ3) is 4.84. The maximum absolute atomic E-state index is 13.8. The van der Waals surface area contributed by atoms with Crippen molar-refractivity contribution in [3.05, 3.63) is 35.1 Å². The maximum atomic E-state index is 13.8. The molecule has 0 fully saturated rings. The van der Waals surface area contributed by atoms with Gasteiger partial charge in [0.2, 0.25) is 0 Å². The van der Waals surface area contributed by atoms with Gasteiger partial charge in [0.05, 0.1) is 13.2 Å². The molecule has 0 spiro atoms. The lowest BCUT2D eigenvalue weighted by Gasteiger charge is -2.16. The molecule has 1 aromatic rings. The average Bonchev–Trinajstić information content (AvgIpc) is 2.36. The number of likely N-dealkylation sites (N-methyl/N-ethyl adjacent to an activating group) is 1. The molecule has 1 rings (SSSR count). The summed E-state index contributed by atoms with van der Waals surface area (Å²) in [6.45, 7) is 2.24. The third-order valence-electron chi connectivity index (χ3n) is 2.51. The van der Waals surface area contributed by atoms with E-state index in [0.29, 0.717) is 24.3 Å². The van der Waals surface area contributed by atoms with E-state index in [1.807, 2.05) is 18.0 Å². The van der Waals surface area contributed by atoms with E-state index in [0.717, 1.165) is 6.54 Å². The Bertz CT molecular complexity index is 437. The Balaban J connectivity index is 2.67. The maximum Gasteiger partial charge on any atom is 0.128 e. The Hall–Kier alpha value is -1.41. The van der Waals surface area contributed by atoms with Crippen LogP contribution in [0.5, 0.6) is 0 Å². The van der Waals surface area contributed by atoms with Gasteiger partial charge in [-0.05, 0) is 19.2 Å². The fourth-order valence-electron chi connectivity index (χ4n) is 1.52. The zero-order valence-corrected chi connectivity index (χ0v) is 10.9. The molecule has 0 heterocycles. The zero-order valence-electron chi connectivity index (χ0n) is 10.9. The summed E-state index contributed by atoms with van der Waals surface area (Å²) in [6.07, 6.45) is 0. The van der Waals surface area contributed by atoms with Crippen LogP contribution in [0.15, 0.2) is 18.2 Å². The van der Waals surface area contributed by atoms with E-state index in [1.165, 1.54) is 6.07 Å². The number of rotatable bonds is 5. The molecule has 0 aliphatic carbocycles. The van der Waals surface area contributed by atoms with Gasteiger partial charge in [0.25, 0.3) is 0 Å². The standard InChI is InChI=1S/C14H19FN2O/c1-17(8-9-18-2)11-13-6-5-12(4-3-7-16)10-14(13)15/h5-6,10H,7-9,11,16H2,1-2H3. The molecule has 0 unspecified atom stereocenters. The van der Waals surface area contributed by atoms with E-state index in [9.17, 15) is 4.39 Å². The van der Waals surface area contributed by atoms with Crippen molar-refractivity contribution in [2.75, 3.05) is 33.9 Å². The summed E-state index contributed by atoms with van der Waals surface area (Å²) >= 11 is 0. The number of halogens is 1. The molecule has 98 valence electrons. The molecule has 0 aliphatic rings. The second-order valence-corrected chi connectivity index (χ2v) is 4.04. The van der Waals surface area contributed by atoms with Gasteiger partial charge in [0, 0.05) is 31.3 Å². The topological polar surface area (TPSA) is 38.5 Å². The molecule has 2 N–H and O–H groups in total.